The highest BCUT2D eigenvalue weighted by molar-refractivity contribution is 5.77. The van der Waals surface area contributed by atoms with Gasteiger partial charge in [0.1, 0.15) is 12.2 Å². The number of hydrogen-bond donors (Lipinski definition) is 3. The standard InChI is InChI=1S/C18H29F2N3O4/c19-18(20)3-6-23(10-18)15(24)8-12-7-13-17(26-12)16(25)14(27-13)9-22-11-1-4-21-5-2-11/h11-14,16-17,21-22,25H,1-10H2/t12-,13+,14+,16+,17-/m0/s1. The molecule has 0 bridgehead atoms. The minimum Gasteiger partial charge on any atom is -0.388 e. The lowest BCUT2D eigenvalue weighted by Crippen LogP contribution is -2.45. The monoisotopic (exact) mass is 389 g/mol. The largest absolute Gasteiger partial charge is 0.388 e. The molecule has 0 aromatic rings. The first-order valence-corrected chi connectivity index (χ1v) is 10.00. The SMILES string of the molecule is O=C(C[C@@H]1C[C@H]2O[C@H](CNC3CCNCC3)[C@@H](O)[C@H]2O1)N1CCC(F)(F)C1. The Kier molecular flexibility index (Phi) is 5.67. The molecule has 7 nitrogen and oxygen atoms in total. The van der Waals surface area contributed by atoms with Crippen molar-refractivity contribution < 1.29 is 28.2 Å². The number of amides is 1. The maximum absolute atomic E-state index is 13.3. The van der Waals surface area contributed by atoms with E-state index in [2.05, 4.69) is 10.6 Å². The first-order chi connectivity index (χ1) is 12.9. The maximum Gasteiger partial charge on any atom is 0.267 e. The van der Waals surface area contributed by atoms with Crippen molar-refractivity contribution in [3.63, 3.8) is 0 Å². The Labute approximate surface area is 157 Å². The number of ether oxygens (including phenoxy) is 2. The van der Waals surface area contributed by atoms with Crippen molar-refractivity contribution in [2.45, 2.75) is 74.6 Å². The molecule has 4 aliphatic rings. The summed E-state index contributed by atoms with van der Waals surface area (Å²) in [5.41, 5.74) is 0. The number of halogens is 2. The zero-order valence-electron chi connectivity index (χ0n) is 15.4. The summed E-state index contributed by atoms with van der Waals surface area (Å²) in [4.78, 5) is 13.4. The molecule has 1 amide bonds. The Morgan fingerprint density at radius 3 is 2.74 bits per heavy atom. The number of carbonyl (C=O) groups excluding carboxylic acids is 1. The number of carbonyl (C=O) groups is 1. The number of aliphatic hydroxyl groups is 1. The second kappa shape index (κ2) is 7.87. The topological polar surface area (TPSA) is 83.1 Å². The van der Waals surface area contributed by atoms with Crippen LogP contribution in [0.15, 0.2) is 0 Å². The van der Waals surface area contributed by atoms with Crippen LogP contribution < -0.4 is 10.6 Å². The summed E-state index contributed by atoms with van der Waals surface area (Å²) in [6, 6.07) is 0.437. The van der Waals surface area contributed by atoms with Crippen molar-refractivity contribution in [3.8, 4) is 0 Å². The van der Waals surface area contributed by atoms with Crippen molar-refractivity contribution in [2.75, 3.05) is 32.7 Å². The Bertz CT molecular complexity index is 547. The van der Waals surface area contributed by atoms with Gasteiger partial charge in [0.15, 0.2) is 0 Å². The number of rotatable bonds is 5. The van der Waals surface area contributed by atoms with Gasteiger partial charge < -0.3 is 30.1 Å². The number of fused-ring (bicyclic) bond motifs is 1. The van der Waals surface area contributed by atoms with Gasteiger partial charge >= 0.3 is 0 Å². The highest BCUT2D eigenvalue weighted by atomic mass is 19.3. The lowest BCUT2D eigenvalue weighted by atomic mass is 10.0. The molecule has 0 spiro atoms. The fourth-order valence-corrected chi connectivity index (χ4v) is 4.59. The van der Waals surface area contributed by atoms with Gasteiger partial charge in [-0.25, -0.2) is 8.78 Å². The first-order valence-electron chi connectivity index (χ1n) is 10.00. The quantitative estimate of drug-likeness (QED) is 0.608. The molecule has 0 aromatic carbocycles. The third-order valence-corrected chi connectivity index (χ3v) is 6.15. The van der Waals surface area contributed by atoms with Crippen molar-refractivity contribution in [3.05, 3.63) is 0 Å². The number of nitrogens with zero attached hydrogens (tertiary/aromatic N) is 1. The summed E-state index contributed by atoms with van der Waals surface area (Å²) in [6.45, 7) is 2.16. The normalized spacial score (nSPS) is 39.1. The van der Waals surface area contributed by atoms with Crippen LogP contribution in [-0.2, 0) is 14.3 Å². The van der Waals surface area contributed by atoms with E-state index in [-0.39, 0.29) is 43.6 Å². The number of hydrogen-bond acceptors (Lipinski definition) is 6. The molecule has 154 valence electrons. The van der Waals surface area contributed by atoms with Gasteiger partial charge in [0, 0.05) is 32.0 Å². The summed E-state index contributed by atoms with van der Waals surface area (Å²) in [6.07, 6.45) is 0.318. The second-order valence-electron chi connectivity index (χ2n) is 8.22. The molecule has 4 aliphatic heterocycles. The zero-order valence-corrected chi connectivity index (χ0v) is 15.4. The molecule has 0 aromatic heterocycles. The molecular formula is C18H29F2N3O4. The lowest BCUT2D eigenvalue weighted by Gasteiger charge is -2.26. The average Bonchev–Trinajstić information content (AvgIpc) is 3.28. The molecule has 3 N–H and O–H groups in total. The van der Waals surface area contributed by atoms with Crippen LogP contribution in [0.5, 0.6) is 0 Å². The Morgan fingerprint density at radius 2 is 2.07 bits per heavy atom. The van der Waals surface area contributed by atoms with Gasteiger partial charge in [0.25, 0.3) is 5.92 Å². The van der Waals surface area contributed by atoms with Gasteiger partial charge in [-0.05, 0) is 25.9 Å². The minimum absolute atomic E-state index is 0.0666. The highest BCUT2D eigenvalue weighted by Gasteiger charge is 2.51. The molecule has 0 aliphatic carbocycles. The molecule has 5 atom stereocenters. The predicted molar refractivity (Wildman–Crippen MR) is 92.6 cm³/mol. The van der Waals surface area contributed by atoms with Gasteiger partial charge in [0.05, 0.1) is 31.3 Å². The van der Waals surface area contributed by atoms with Crippen molar-refractivity contribution in [2.24, 2.45) is 0 Å². The van der Waals surface area contributed by atoms with Crippen molar-refractivity contribution >= 4 is 5.91 Å². The summed E-state index contributed by atoms with van der Waals surface area (Å²) in [5.74, 6) is -3.09. The van der Waals surface area contributed by atoms with Crippen LogP contribution in [0.4, 0.5) is 8.78 Å². The summed E-state index contributed by atoms with van der Waals surface area (Å²) in [5, 5.41) is 17.3. The molecule has 27 heavy (non-hydrogen) atoms. The smallest absolute Gasteiger partial charge is 0.267 e. The van der Waals surface area contributed by atoms with Crippen LogP contribution in [0.25, 0.3) is 0 Å². The van der Waals surface area contributed by atoms with Crippen LogP contribution in [0.3, 0.4) is 0 Å². The van der Waals surface area contributed by atoms with E-state index in [0.717, 1.165) is 25.9 Å². The number of likely N-dealkylation sites (tertiary alicyclic amines) is 1. The van der Waals surface area contributed by atoms with E-state index in [1.807, 2.05) is 0 Å². The van der Waals surface area contributed by atoms with Crippen LogP contribution >= 0.6 is 0 Å². The van der Waals surface area contributed by atoms with E-state index in [0.29, 0.717) is 19.0 Å². The Balaban J connectivity index is 1.22. The fraction of sp³-hybridized carbons (Fsp3) is 0.944. The molecule has 0 radical (unpaired) electrons. The van der Waals surface area contributed by atoms with Crippen LogP contribution in [0, 0.1) is 0 Å². The number of aliphatic hydroxyl groups excluding tert-OH is 1. The highest BCUT2D eigenvalue weighted by Crippen LogP contribution is 2.36. The molecule has 4 rings (SSSR count). The van der Waals surface area contributed by atoms with Gasteiger partial charge in [0.2, 0.25) is 5.91 Å². The van der Waals surface area contributed by atoms with Gasteiger partial charge in [-0.15, -0.1) is 0 Å². The van der Waals surface area contributed by atoms with E-state index < -0.39 is 24.7 Å². The summed E-state index contributed by atoms with van der Waals surface area (Å²) in [7, 11) is 0. The average molecular weight is 389 g/mol. The third-order valence-electron chi connectivity index (χ3n) is 6.15. The maximum atomic E-state index is 13.3. The Morgan fingerprint density at radius 1 is 1.30 bits per heavy atom. The molecule has 0 unspecified atom stereocenters. The van der Waals surface area contributed by atoms with E-state index >= 15 is 0 Å². The minimum atomic E-state index is -2.78. The lowest BCUT2D eigenvalue weighted by molar-refractivity contribution is -0.135. The van der Waals surface area contributed by atoms with Crippen LogP contribution in [-0.4, -0.2) is 91.1 Å². The molecule has 4 heterocycles. The van der Waals surface area contributed by atoms with Gasteiger partial charge in [-0.1, -0.05) is 0 Å². The molecule has 9 heteroatoms. The van der Waals surface area contributed by atoms with Crippen LogP contribution in [0.2, 0.25) is 0 Å². The van der Waals surface area contributed by atoms with E-state index in [9.17, 15) is 18.7 Å². The molecule has 4 saturated heterocycles. The van der Waals surface area contributed by atoms with E-state index in [4.69, 9.17) is 9.47 Å². The van der Waals surface area contributed by atoms with E-state index in [1.165, 1.54) is 4.90 Å². The zero-order chi connectivity index (χ0) is 19.0. The number of nitrogens with one attached hydrogen (secondary N) is 2. The number of piperidine rings is 1. The molecular weight excluding hydrogens is 360 g/mol. The summed E-state index contributed by atoms with van der Waals surface area (Å²) < 4.78 is 38.4. The molecule has 0 saturated carbocycles. The molecule has 4 fully saturated rings. The third kappa shape index (κ3) is 4.42. The first kappa shape index (κ1) is 19.4. The number of alkyl halides is 2. The second-order valence-corrected chi connectivity index (χ2v) is 8.22. The van der Waals surface area contributed by atoms with Crippen LogP contribution in [0.1, 0.15) is 32.1 Å². The van der Waals surface area contributed by atoms with Gasteiger partial charge in [-0.3, -0.25) is 4.79 Å². The fourth-order valence-electron chi connectivity index (χ4n) is 4.59. The predicted octanol–water partition coefficient (Wildman–Crippen LogP) is -0.128. The Hall–Kier alpha value is -0.870. The van der Waals surface area contributed by atoms with Gasteiger partial charge in [-0.2, -0.15) is 0 Å². The van der Waals surface area contributed by atoms with Crippen molar-refractivity contribution in [1.82, 2.24) is 15.5 Å². The van der Waals surface area contributed by atoms with E-state index in [1.54, 1.807) is 0 Å². The summed E-state index contributed by atoms with van der Waals surface area (Å²) >= 11 is 0. The van der Waals surface area contributed by atoms with Crippen molar-refractivity contribution in [1.29, 1.82) is 0 Å².